The Bertz CT molecular complexity index is 856. The summed E-state index contributed by atoms with van der Waals surface area (Å²) >= 11 is 0. The van der Waals surface area contributed by atoms with Crippen molar-refractivity contribution < 1.29 is 23.8 Å². The van der Waals surface area contributed by atoms with Gasteiger partial charge in [0.1, 0.15) is 19.8 Å². The summed E-state index contributed by atoms with van der Waals surface area (Å²) in [5.74, 6) is 0.724. The second kappa shape index (κ2) is 7.11. The van der Waals surface area contributed by atoms with Gasteiger partial charge in [-0.25, -0.2) is 0 Å². The van der Waals surface area contributed by atoms with Crippen LogP contribution < -0.4 is 9.47 Å². The molecule has 3 rings (SSSR count). The highest BCUT2D eigenvalue weighted by Crippen LogP contribution is 2.33. The van der Waals surface area contributed by atoms with E-state index in [2.05, 4.69) is 4.74 Å². The first-order valence-corrected chi connectivity index (χ1v) is 8.33. The molecule has 7 nitrogen and oxygen atoms in total. The predicted molar refractivity (Wildman–Crippen MR) is 95.2 cm³/mol. The van der Waals surface area contributed by atoms with Crippen molar-refractivity contribution in [3.63, 3.8) is 0 Å². The molecule has 0 unspecified atom stereocenters. The van der Waals surface area contributed by atoms with Gasteiger partial charge in [-0.2, -0.15) is 0 Å². The lowest BCUT2D eigenvalue weighted by atomic mass is 10.2. The Morgan fingerprint density at radius 2 is 1.85 bits per heavy atom. The highest BCUT2D eigenvalue weighted by molar-refractivity contribution is 5.97. The van der Waals surface area contributed by atoms with E-state index < -0.39 is 5.97 Å². The molecule has 0 atom stereocenters. The minimum absolute atomic E-state index is 0.0942. The van der Waals surface area contributed by atoms with E-state index in [1.165, 1.54) is 12.0 Å². The normalized spacial score (nSPS) is 12.6. The van der Waals surface area contributed by atoms with Gasteiger partial charge in [0.15, 0.2) is 11.5 Å². The van der Waals surface area contributed by atoms with Gasteiger partial charge in [-0.15, -0.1) is 0 Å². The minimum Gasteiger partial charge on any atom is -0.486 e. The van der Waals surface area contributed by atoms with Gasteiger partial charge in [0.05, 0.1) is 12.7 Å². The van der Waals surface area contributed by atoms with Crippen LogP contribution >= 0.6 is 0 Å². The smallest absolute Gasteiger partial charge is 0.325 e. The molecule has 1 aromatic carbocycles. The molecule has 1 amide bonds. The second-order valence-corrected chi connectivity index (χ2v) is 6.19. The van der Waals surface area contributed by atoms with Gasteiger partial charge >= 0.3 is 5.97 Å². The molecule has 2 aromatic rings. The molecule has 7 heteroatoms. The molecule has 0 fully saturated rings. The van der Waals surface area contributed by atoms with Crippen LogP contribution in [0.1, 0.15) is 21.7 Å². The number of carbonyl (C=O) groups is 2. The summed E-state index contributed by atoms with van der Waals surface area (Å²) < 4.78 is 17.8. The Morgan fingerprint density at radius 1 is 1.15 bits per heavy atom. The molecular formula is C19H22N2O5. The van der Waals surface area contributed by atoms with E-state index in [9.17, 15) is 9.59 Å². The predicted octanol–water partition coefficient (Wildman–Crippen LogP) is 2.11. The van der Waals surface area contributed by atoms with Crippen LogP contribution in [0.4, 0.5) is 0 Å². The van der Waals surface area contributed by atoms with E-state index in [1.807, 2.05) is 42.7 Å². The van der Waals surface area contributed by atoms with Gasteiger partial charge < -0.3 is 23.7 Å². The first kappa shape index (κ1) is 17.8. The van der Waals surface area contributed by atoms with Crippen molar-refractivity contribution in [2.45, 2.75) is 13.8 Å². The van der Waals surface area contributed by atoms with Gasteiger partial charge in [0.25, 0.3) is 5.91 Å². The average molecular weight is 358 g/mol. The number of fused-ring (bicyclic) bond motifs is 1. The number of amides is 1. The van der Waals surface area contributed by atoms with E-state index in [1.54, 1.807) is 7.05 Å². The maximum Gasteiger partial charge on any atom is 0.325 e. The second-order valence-electron chi connectivity index (χ2n) is 6.19. The summed E-state index contributed by atoms with van der Waals surface area (Å²) in [6.07, 6.45) is 0. The quantitative estimate of drug-likeness (QED) is 0.783. The molecule has 0 aliphatic carbocycles. The number of hydrogen-bond acceptors (Lipinski definition) is 5. The molecule has 2 heterocycles. The number of nitrogens with zero attached hydrogens (tertiary/aromatic N) is 2. The van der Waals surface area contributed by atoms with Crippen molar-refractivity contribution >= 4 is 11.9 Å². The van der Waals surface area contributed by atoms with Crippen LogP contribution in [0.15, 0.2) is 24.3 Å². The van der Waals surface area contributed by atoms with Crippen LogP contribution in [0, 0.1) is 13.8 Å². The van der Waals surface area contributed by atoms with Crippen molar-refractivity contribution in [1.82, 2.24) is 9.47 Å². The number of carbonyl (C=O) groups excluding carboxylic acids is 2. The zero-order chi connectivity index (χ0) is 18.8. The van der Waals surface area contributed by atoms with Gasteiger partial charge in [-0.3, -0.25) is 9.59 Å². The van der Waals surface area contributed by atoms with Crippen LogP contribution in [0.3, 0.4) is 0 Å². The van der Waals surface area contributed by atoms with E-state index in [4.69, 9.17) is 9.47 Å². The molecule has 1 aromatic heterocycles. The Labute approximate surface area is 152 Å². The average Bonchev–Trinajstić information content (AvgIpc) is 2.94. The SMILES string of the molecule is COC(=O)CN(C)C(=O)c1cc(C)n(-c2ccc3c(c2)OCCO3)c1C. The van der Waals surface area contributed by atoms with Gasteiger partial charge in [0, 0.05) is 30.2 Å². The number of methoxy groups -OCH3 is 1. The lowest BCUT2D eigenvalue weighted by molar-refractivity contribution is -0.141. The maximum atomic E-state index is 12.7. The van der Waals surface area contributed by atoms with Crippen LogP contribution in [0.5, 0.6) is 11.5 Å². The largest absolute Gasteiger partial charge is 0.486 e. The number of likely N-dealkylation sites (N-methyl/N-ethyl adjacent to an activating group) is 1. The van der Waals surface area contributed by atoms with Gasteiger partial charge in [0.2, 0.25) is 0 Å². The molecule has 0 N–H and O–H groups in total. The van der Waals surface area contributed by atoms with Crippen LogP contribution in [0.25, 0.3) is 5.69 Å². The van der Waals surface area contributed by atoms with E-state index in [0.717, 1.165) is 22.8 Å². The number of benzene rings is 1. The fraction of sp³-hybridized carbons (Fsp3) is 0.368. The third-order valence-corrected chi connectivity index (χ3v) is 4.39. The molecule has 26 heavy (non-hydrogen) atoms. The summed E-state index contributed by atoms with van der Waals surface area (Å²) in [6, 6.07) is 7.52. The van der Waals surface area contributed by atoms with Crippen LogP contribution in [0.2, 0.25) is 0 Å². The molecule has 0 spiro atoms. The van der Waals surface area contributed by atoms with Gasteiger partial charge in [-0.05, 0) is 32.0 Å². The number of aromatic nitrogens is 1. The summed E-state index contributed by atoms with van der Waals surface area (Å²) in [4.78, 5) is 25.5. The molecule has 0 saturated carbocycles. The highest BCUT2D eigenvalue weighted by Gasteiger charge is 2.22. The maximum absolute atomic E-state index is 12.7. The zero-order valence-electron chi connectivity index (χ0n) is 15.4. The molecule has 0 radical (unpaired) electrons. The number of aryl methyl sites for hydroxylation is 1. The number of rotatable bonds is 4. The fourth-order valence-corrected chi connectivity index (χ4v) is 3.08. The number of esters is 1. The van der Waals surface area contributed by atoms with Gasteiger partial charge in [-0.1, -0.05) is 0 Å². The molecule has 1 aliphatic heterocycles. The minimum atomic E-state index is -0.457. The Kier molecular flexibility index (Phi) is 4.88. The lowest BCUT2D eigenvalue weighted by Gasteiger charge is -2.20. The van der Waals surface area contributed by atoms with Crippen molar-refractivity contribution in [3.05, 3.63) is 41.2 Å². The summed E-state index contributed by atoms with van der Waals surface area (Å²) in [5, 5.41) is 0. The molecular weight excluding hydrogens is 336 g/mol. The monoisotopic (exact) mass is 358 g/mol. The van der Waals surface area contributed by atoms with Crippen molar-refractivity contribution in [1.29, 1.82) is 0 Å². The number of hydrogen-bond donors (Lipinski definition) is 0. The standard InChI is InChI=1S/C19H22N2O5/c1-12-9-15(19(23)20(3)11-18(22)24-4)13(2)21(12)14-5-6-16-17(10-14)26-8-7-25-16/h5-6,9-10H,7-8,11H2,1-4H3. The first-order chi connectivity index (χ1) is 12.4. The molecule has 0 bridgehead atoms. The van der Waals surface area contributed by atoms with Crippen LogP contribution in [-0.2, 0) is 9.53 Å². The zero-order valence-corrected chi connectivity index (χ0v) is 15.4. The topological polar surface area (TPSA) is 70.0 Å². The van der Waals surface area contributed by atoms with Crippen molar-refractivity contribution in [2.75, 3.05) is 33.9 Å². The third kappa shape index (κ3) is 3.24. The van der Waals surface area contributed by atoms with Crippen molar-refractivity contribution in [2.24, 2.45) is 0 Å². The van der Waals surface area contributed by atoms with Crippen LogP contribution in [-0.4, -0.2) is 55.3 Å². The Balaban J connectivity index is 1.93. The summed E-state index contributed by atoms with van der Waals surface area (Å²) in [5.41, 5.74) is 3.14. The first-order valence-electron chi connectivity index (χ1n) is 8.33. The molecule has 0 saturated heterocycles. The molecule has 1 aliphatic rings. The highest BCUT2D eigenvalue weighted by atomic mass is 16.6. The van der Waals surface area contributed by atoms with E-state index in [-0.39, 0.29) is 12.5 Å². The fourth-order valence-electron chi connectivity index (χ4n) is 3.08. The lowest BCUT2D eigenvalue weighted by Crippen LogP contribution is -2.32. The summed E-state index contributed by atoms with van der Waals surface area (Å²) in [6.45, 7) is 4.77. The Hall–Kier alpha value is -2.96. The Morgan fingerprint density at radius 3 is 2.54 bits per heavy atom. The van der Waals surface area contributed by atoms with E-state index >= 15 is 0 Å². The van der Waals surface area contributed by atoms with Crippen molar-refractivity contribution in [3.8, 4) is 17.2 Å². The number of ether oxygens (including phenoxy) is 3. The molecule has 138 valence electrons. The van der Waals surface area contributed by atoms with E-state index in [0.29, 0.717) is 24.5 Å². The third-order valence-electron chi connectivity index (χ3n) is 4.39. The summed E-state index contributed by atoms with van der Waals surface area (Å²) in [7, 11) is 2.88.